The fourth-order valence-corrected chi connectivity index (χ4v) is 5.19. The van der Waals surface area contributed by atoms with Crippen LogP contribution in [0.1, 0.15) is 10.4 Å². The number of likely N-dealkylation sites (tertiary alicyclic amines) is 1. The normalized spacial score (nSPS) is 24.8. The van der Waals surface area contributed by atoms with E-state index in [0.717, 1.165) is 29.5 Å². The van der Waals surface area contributed by atoms with E-state index < -0.39 is 30.1 Å². The molecule has 174 valence electrons. The number of nitrogens with one attached hydrogen (secondary N) is 1. The number of carbonyl (C=O) groups is 3. The number of hydrogen-bond acceptors (Lipinski definition) is 8. The van der Waals surface area contributed by atoms with Crippen molar-refractivity contribution in [3.05, 3.63) is 35.2 Å². The molecule has 4 heterocycles. The second kappa shape index (κ2) is 9.16. The number of morpholine rings is 1. The summed E-state index contributed by atoms with van der Waals surface area (Å²) in [4.78, 5) is 45.0. The van der Waals surface area contributed by atoms with Crippen molar-refractivity contribution in [2.24, 2.45) is 0 Å². The molecule has 3 aliphatic heterocycles. The van der Waals surface area contributed by atoms with Crippen molar-refractivity contribution in [3.8, 4) is 11.3 Å². The van der Waals surface area contributed by atoms with Crippen LogP contribution in [0.2, 0.25) is 0 Å². The van der Waals surface area contributed by atoms with Crippen LogP contribution in [0.15, 0.2) is 29.6 Å². The van der Waals surface area contributed by atoms with Crippen molar-refractivity contribution in [3.63, 3.8) is 0 Å². The Bertz CT molecular complexity index is 1060. The molecule has 3 saturated heterocycles. The molecule has 11 heteroatoms. The van der Waals surface area contributed by atoms with Crippen LogP contribution in [-0.2, 0) is 19.1 Å². The monoisotopic (exact) mass is 474 g/mol. The molecule has 33 heavy (non-hydrogen) atoms. The van der Waals surface area contributed by atoms with Crippen LogP contribution in [0.4, 0.5) is 9.52 Å². The van der Waals surface area contributed by atoms with E-state index in [9.17, 15) is 18.8 Å². The van der Waals surface area contributed by atoms with Crippen LogP contribution in [0.3, 0.4) is 0 Å². The number of aromatic nitrogens is 1. The summed E-state index contributed by atoms with van der Waals surface area (Å²) in [5, 5.41) is 5.48. The summed E-state index contributed by atoms with van der Waals surface area (Å²) in [6, 6.07) is 6.05. The molecule has 2 amide bonds. The third kappa shape index (κ3) is 4.35. The van der Waals surface area contributed by atoms with Gasteiger partial charge in [-0.15, -0.1) is 11.3 Å². The number of amides is 2. The first kappa shape index (κ1) is 21.9. The van der Waals surface area contributed by atoms with E-state index in [-0.39, 0.29) is 25.5 Å². The molecule has 3 atom stereocenters. The van der Waals surface area contributed by atoms with E-state index in [1.807, 2.05) is 17.5 Å². The van der Waals surface area contributed by atoms with Crippen molar-refractivity contribution in [1.82, 2.24) is 15.2 Å². The van der Waals surface area contributed by atoms with Gasteiger partial charge >= 0.3 is 0 Å². The second-order valence-corrected chi connectivity index (χ2v) is 8.96. The number of thiazole rings is 1. The summed E-state index contributed by atoms with van der Waals surface area (Å²) in [6.07, 6.45) is -2.30. The average molecular weight is 475 g/mol. The number of carbonyl (C=O) groups excluding carboxylic acids is 3. The highest BCUT2D eigenvalue weighted by molar-refractivity contribution is 7.14. The lowest BCUT2D eigenvalue weighted by atomic mass is 10.1. The number of rotatable bonds is 5. The number of fused-ring (bicyclic) bond motifs is 1. The lowest BCUT2D eigenvalue weighted by molar-refractivity contribution is -0.135. The maximum atomic E-state index is 14.0. The zero-order valence-electron chi connectivity index (χ0n) is 17.7. The Morgan fingerprint density at radius 2 is 1.97 bits per heavy atom. The van der Waals surface area contributed by atoms with Gasteiger partial charge < -0.3 is 24.6 Å². The van der Waals surface area contributed by atoms with Crippen molar-refractivity contribution in [1.29, 1.82) is 0 Å². The molecule has 0 radical (unpaired) electrons. The fraction of sp³-hybridized carbons (Fsp3) is 0.455. The topological polar surface area (TPSA) is 101 Å². The van der Waals surface area contributed by atoms with Crippen molar-refractivity contribution >= 4 is 34.1 Å². The summed E-state index contributed by atoms with van der Waals surface area (Å²) in [5.74, 6) is -1.25. The molecule has 1 aromatic carbocycles. The first-order valence-electron chi connectivity index (χ1n) is 10.8. The first-order chi connectivity index (χ1) is 16.0. The van der Waals surface area contributed by atoms with Gasteiger partial charge in [-0.05, 0) is 12.1 Å². The van der Waals surface area contributed by atoms with Gasteiger partial charge in [0, 0.05) is 29.6 Å². The quantitative estimate of drug-likeness (QED) is 0.687. The summed E-state index contributed by atoms with van der Waals surface area (Å²) in [7, 11) is 0. The number of nitrogens with zero attached hydrogens (tertiary/aromatic N) is 3. The molecule has 0 aliphatic carbocycles. The van der Waals surface area contributed by atoms with Gasteiger partial charge in [0.2, 0.25) is 5.91 Å². The molecule has 5 rings (SSSR count). The maximum absolute atomic E-state index is 14.0. The van der Waals surface area contributed by atoms with Crippen molar-refractivity contribution in [2.45, 2.75) is 18.3 Å². The molecule has 3 fully saturated rings. The molecule has 3 aliphatic rings. The third-order valence-corrected chi connectivity index (χ3v) is 6.96. The summed E-state index contributed by atoms with van der Waals surface area (Å²) in [6.45, 7) is 2.30. The Labute approximate surface area is 193 Å². The lowest BCUT2D eigenvalue weighted by Crippen LogP contribution is -2.46. The zero-order valence-corrected chi connectivity index (χ0v) is 18.6. The molecule has 9 nitrogen and oxygen atoms in total. The lowest BCUT2D eigenvalue weighted by Gasteiger charge is -2.26. The summed E-state index contributed by atoms with van der Waals surface area (Å²) < 4.78 is 24.6. The van der Waals surface area contributed by atoms with E-state index in [0.29, 0.717) is 18.8 Å². The number of alkyl halides is 1. The SMILES string of the molecule is O=C(NCC(=O)N1C[C@H](F)[C@H]2OCC(=O)[C@H]21)c1ccc(-c2csc(N3CCOCC3)n2)cc1. The van der Waals surface area contributed by atoms with E-state index in [2.05, 4.69) is 10.2 Å². The van der Waals surface area contributed by atoms with Gasteiger partial charge in [-0.3, -0.25) is 14.4 Å². The Morgan fingerprint density at radius 3 is 2.73 bits per heavy atom. The predicted octanol–water partition coefficient (Wildman–Crippen LogP) is 0.893. The number of ketones is 1. The first-order valence-corrected chi connectivity index (χ1v) is 11.6. The van der Waals surface area contributed by atoms with E-state index in [4.69, 9.17) is 14.5 Å². The minimum atomic E-state index is -1.40. The van der Waals surface area contributed by atoms with Gasteiger partial charge in [0.25, 0.3) is 5.91 Å². The van der Waals surface area contributed by atoms with Crippen LogP contribution in [0, 0.1) is 0 Å². The molecule has 0 saturated carbocycles. The van der Waals surface area contributed by atoms with Gasteiger partial charge in [0.1, 0.15) is 24.9 Å². The molecule has 1 aromatic heterocycles. The number of anilines is 1. The van der Waals surface area contributed by atoms with Crippen molar-refractivity contribution in [2.75, 3.05) is 50.9 Å². The van der Waals surface area contributed by atoms with E-state index in [1.165, 1.54) is 4.90 Å². The maximum Gasteiger partial charge on any atom is 0.251 e. The predicted molar refractivity (Wildman–Crippen MR) is 118 cm³/mol. The van der Waals surface area contributed by atoms with Crippen molar-refractivity contribution < 1.29 is 28.2 Å². The smallest absolute Gasteiger partial charge is 0.251 e. The Kier molecular flexibility index (Phi) is 6.09. The van der Waals surface area contributed by atoms with Gasteiger partial charge in [0.15, 0.2) is 10.9 Å². The van der Waals surface area contributed by atoms with Crippen LogP contribution in [0.5, 0.6) is 0 Å². The number of benzene rings is 1. The minimum Gasteiger partial charge on any atom is -0.378 e. The van der Waals surface area contributed by atoms with Gasteiger partial charge in [0.05, 0.1) is 32.0 Å². The standard InChI is InChI=1S/C22H23FN4O5S/c23-15-10-27(19-17(28)11-32-20(15)19)18(29)9-24-21(30)14-3-1-13(2-4-14)16-12-33-22(25-16)26-5-7-31-8-6-26/h1-4,12,15,19-20H,5-11H2,(H,24,30)/t15-,19+,20+/m0/s1. The highest BCUT2D eigenvalue weighted by Crippen LogP contribution is 2.30. The Morgan fingerprint density at radius 1 is 1.21 bits per heavy atom. The highest BCUT2D eigenvalue weighted by Gasteiger charge is 2.52. The van der Waals surface area contributed by atoms with Gasteiger partial charge in [-0.1, -0.05) is 12.1 Å². The highest BCUT2D eigenvalue weighted by atomic mass is 32.1. The number of Topliss-reactive ketones (excluding diaryl/α,β-unsaturated/α-hetero) is 1. The van der Waals surface area contributed by atoms with Crippen LogP contribution in [0.25, 0.3) is 11.3 Å². The number of ether oxygens (including phenoxy) is 2. The zero-order chi connectivity index (χ0) is 22.9. The molecule has 0 unspecified atom stereocenters. The molecule has 0 spiro atoms. The second-order valence-electron chi connectivity index (χ2n) is 8.12. The minimum absolute atomic E-state index is 0.189. The summed E-state index contributed by atoms with van der Waals surface area (Å²) in [5.41, 5.74) is 2.10. The third-order valence-electron chi connectivity index (χ3n) is 6.06. The Balaban J connectivity index is 1.18. The molecule has 1 N–H and O–H groups in total. The number of hydrogen-bond donors (Lipinski definition) is 1. The van der Waals surface area contributed by atoms with Gasteiger partial charge in [-0.2, -0.15) is 0 Å². The average Bonchev–Trinajstić information content (AvgIpc) is 3.56. The van der Waals surface area contributed by atoms with Crippen LogP contribution < -0.4 is 10.2 Å². The van der Waals surface area contributed by atoms with E-state index in [1.54, 1.807) is 23.5 Å². The van der Waals surface area contributed by atoms with Crippen LogP contribution >= 0.6 is 11.3 Å². The fourth-order valence-electron chi connectivity index (χ4n) is 4.30. The van der Waals surface area contributed by atoms with Gasteiger partial charge in [-0.25, -0.2) is 9.37 Å². The number of halogens is 1. The van der Waals surface area contributed by atoms with E-state index >= 15 is 0 Å². The van der Waals surface area contributed by atoms with Crippen LogP contribution in [-0.4, -0.2) is 91.8 Å². The molecule has 0 bridgehead atoms. The largest absolute Gasteiger partial charge is 0.378 e. The molecule has 2 aromatic rings. The molecular formula is C22H23FN4O5S. The Hall–Kier alpha value is -2.89. The molecular weight excluding hydrogens is 451 g/mol. The summed E-state index contributed by atoms with van der Waals surface area (Å²) >= 11 is 1.57.